The molecule has 3 aromatic rings. The van der Waals surface area contributed by atoms with Gasteiger partial charge in [0.2, 0.25) is 0 Å². The molecule has 0 spiro atoms. The maximum Gasteiger partial charge on any atom is 0.348 e. The number of esters is 1. The first-order valence-corrected chi connectivity index (χ1v) is 8.06. The number of hydrogen-bond acceptors (Lipinski definition) is 4. The van der Waals surface area contributed by atoms with Crippen molar-refractivity contribution >= 4 is 23.1 Å². The number of para-hydroxylation sites is 1. The molecule has 0 aliphatic heterocycles. The Balaban J connectivity index is 1.83. The summed E-state index contributed by atoms with van der Waals surface area (Å²) in [6.07, 6.45) is 0. The number of aliphatic imine (C=N–C) groups is 1. The third-order valence-electron chi connectivity index (χ3n) is 3.56. The number of nitrogens with zero attached hydrogens (tertiary/aromatic N) is 1. The first-order chi connectivity index (χ1) is 12.8. The summed E-state index contributed by atoms with van der Waals surface area (Å²) in [5.74, 6) is 3.78. The van der Waals surface area contributed by atoms with Gasteiger partial charge in [0.05, 0.1) is 12.8 Å². The van der Waals surface area contributed by atoms with Gasteiger partial charge in [0.1, 0.15) is 17.1 Å². The highest BCUT2D eigenvalue weighted by Crippen LogP contribution is 2.23. The molecule has 0 bridgehead atoms. The molecule has 0 amide bonds. The molecule has 0 aliphatic rings. The van der Waals surface area contributed by atoms with Crippen LogP contribution in [0.2, 0.25) is 0 Å². The van der Waals surface area contributed by atoms with Gasteiger partial charge in [0.15, 0.2) is 0 Å². The van der Waals surface area contributed by atoms with Crippen molar-refractivity contribution in [2.75, 3.05) is 7.11 Å². The highest BCUT2D eigenvalue weighted by atomic mass is 16.5. The summed E-state index contributed by atoms with van der Waals surface area (Å²) in [5.41, 5.74) is 1.63. The van der Waals surface area contributed by atoms with Crippen LogP contribution in [0.15, 0.2) is 89.9 Å². The van der Waals surface area contributed by atoms with E-state index >= 15 is 0 Å². The van der Waals surface area contributed by atoms with Crippen LogP contribution in [-0.2, 0) is 9.53 Å². The maximum absolute atomic E-state index is 12.0. The van der Waals surface area contributed by atoms with Crippen LogP contribution in [-0.4, -0.2) is 18.9 Å². The molecule has 0 aromatic heterocycles. The first-order valence-electron chi connectivity index (χ1n) is 8.06. The van der Waals surface area contributed by atoms with Crippen molar-refractivity contribution in [3.63, 3.8) is 0 Å². The minimum absolute atomic E-state index is 0.276. The van der Waals surface area contributed by atoms with Crippen molar-refractivity contribution < 1.29 is 14.3 Å². The second-order valence-electron chi connectivity index (χ2n) is 5.37. The van der Waals surface area contributed by atoms with E-state index in [1.807, 2.05) is 72.8 Å². The maximum atomic E-state index is 12.0. The Morgan fingerprint density at radius 1 is 0.808 bits per heavy atom. The number of carbonyl (C=O) groups is 1. The van der Waals surface area contributed by atoms with E-state index in [0.717, 1.165) is 5.75 Å². The van der Waals surface area contributed by atoms with Crippen molar-refractivity contribution in [1.29, 1.82) is 0 Å². The van der Waals surface area contributed by atoms with Gasteiger partial charge in [-0.2, -0.15) is 0 Å². The molecule has 0 unspecified atom stereocenters. The van der Waals surface area contributed by atoms with Gasteiger partial charge in [0, 0.05) is 5.87 Å². The van der Waals surface area contributed by atoms with Crippen molar-refractivity contribution in [3.8, 4) is 11.5 Å². The van der Waals surface area contributed by atoms with Crippen LogP contribution in [0.4, 0.5) is 5.69 Å². The Hall–Kier alpha value is -3.62. The second kappa shape index (κ2) is 8.47. The fourth-order valence-electron chi connectivity index (χ4n) is 2.27. The molecular weight excluding hydrogens is 326 g/mol. The van der Waals surface area contributed by atoms with Crippen molar-refractivity contribution in [1.82, 2.24) is 0 Å². The Morgan fingerprint density at radius 3 is 2.00 bits per heavy atom. The van der Waals surface area contributed by atoms with E-state index in [1.54, 1.807) is 12.1 Å². The Morgan fingerprint density at radius 2 is 1.38 bits per heavy atom. The van der Waals surface area contributed by atoms with Crippen molar-refractivity contribution in [2.24, 2.45) is 4.99 Å². The normalized spacial score (nSPS) is 9.73. The molecule has 3 rings (SSSR count). The summed E-state index contributed by atoms with van der Waals surface area (Å²) in [5, 5.41) is 0. The van der Waals surface area contributed by atoms with Crippen molar-refractivity contribution in [3.05, 3.63) is 90.5 Å². The molecule has 0 atom stereocenters. The SMILES string of the molecule is COC(=O)C(=C=Nc1ccc(Oc2ccccc2)cc1)c1ccccc1. The number of benzene rings is 3. The zero-order valence-corrected chi connectivity index (χ0v) is 14.3. The molecule has 0 heterocycles. The molecule has 0 saturated carbocycles. The summed E-state index contributed by atoms with van der Waals surface area (Å²) in [7, 11) is 1.34. The lowest BCUT2D eigenvalue weighted by Crippen LogP contribution is -2.04. The standard InChI is InChI=1S/C22H17NO3/c1-25-22(24)21(17-8-4-2-5-9-17)16-23-18-12-14-20(15-13-18)26-19-10-6-3-7-11-19/h2-15H,1H3. The minimum atomic E-state index is -0.482. The summed E-state index contributed by atoms with van der Waals surface area (Å²) in [6, 6.07) is 25.9. The average molecular weight is 343 g/mol. The van der Waals surface area contributed by atoms with Gasteiger partial charge in [-0.15, -0.1) is 0 Å². The number of ether oxygens (including phenoxy) is 2. The van der Waals surface area contributed by atoms with E-state index in [-0.39, 0.29) is 5.57 Å². The average Bonchev–Trinajstić information content (AvgIpc) is 2.71. The van der Waals surface area contributed by atoms with Gasteiger partial charge in [-0.25, -0.2) is 9.79 Å². The molecule has 0 radical (unpaired) electrons. The zero-order valence-electron chi connectivity index (χ0n) is 14.3. The number of rotatable bonds is 5. The van der Waals surface area contributed by atoms with Crippen LogP contribution >= 0.6 is 0 Å². The van der Waals surface area contributed by atoms with Crippen LogP contribution in [0.25, 0.3) is 5.57 Å². The molecule has 3 aromatic carbocycles. The Bertz CT molecular complexity index is 926. The van der Waals surface area contributed by atoms with Gasteiger partial charge in [-0.3, -0.25) is 0 Å². The number of hydrogen-bond donors (Lipinski definition) is 0. The predicted molar refractivity (Wildman–Crippen MR) is 102 cm³/mol. The monoisotopic (exact) mass is 343 g/mol. The highest BCUT2D eigenvalue weighted by molar-refractivity contribution is 6.26. The van der Waals surface area contributed by atoms with Gasteiger partial charge in [0.25, 0.3) is 0 Å². The molecule has 128 valence electrons. The quantitative estimate of drug-likeness (QED) is 0.370. The van der Waals surface area contributed by atoms with Gasteiger partial charge in [-0.05, 0) is 42.0 Å². The molecule has 26 heavy (non-hydrogen) atoms. The molecule has 0 saturated heterocycles. The predicted octanol–water partition coefficient (Wildman–Crippen LogP) is 5.04. The van der Waals surface area contributed by atoms with E-state index in [1.165, 1.54) is 7.11 Å². The third kappa shape index (κ3) is 4.47. The zero-order chi connectivity index (χ0) is 18.2. The second-order valence-corrected chi connectivity index (χ2v) is 5.37. The molecule has 4 heteroatoms. The van der Waals surface area contributed by atoms with E-state index in [0.29, 0.717) is 17.0 Å². The van der Waals surface area contributed by atoms with E-state index in [9.17, 15) is 4.79 Å². The Kier molecular flexibility index (Phi) is 5.61. The van der Waals surface area contributed by atoms with Crippen LogP contribution < -0.4 is 4.74 Å². The van der Waals surface area contributed by atoms with Gasteiger partial charge < -0.3 is 9.47 Å². The summed E-state index contributed by atoms with van der Waals surface area (Å²) >= 11 is 0. The van der Waals surface area contributed by atoms with E-state index in [2.05, 4.69) is 10.9 Å². The fraction of sp³-hybridized carbons (Fsp3) is 0.0455. The fourth-order valence-corrected chi connectivity index (χ4v) is 2.27. The minimum Gasteiger partial charge on any atom is -0.465 e. The van der Waals surface area contributed by atoms with E-state index in [4.69, 9.17) is 9.47 Å². The van der Waals surface area contributed by atoms with Crippen LogP contribution in [0, 0.1) is 0 Å². The van der Waals surface area contributed by atoms with Crippen molar-refractivity contribution in [2.45, 2.75) is 0 Å². The molecule has 0 N–H and O–H groups in total. The lowest BCUT2D eigenvalue weighted by atomic mass is 10.1. The van der Waals surface area contributed by atoms with Crippen LogP contribution in [0.5, 0.6) is 11.5 Å². The third-order valence-corrected chi connectivity index (χ3v) is 3.56. The summed E-state index contributed by atoms with van der Waals surface area (Å²) in [6.45, 7) is 0. The summed E-state index contributed by atoms with van der Waals surface area (Å²) < 4.78 is 10.6. The largest absolute Gasteiger partial charge is 0.465 e. The topological polar surface area (TPSA) is 47.9 Å². The molecular formula is C22H17NO3. The highest BCUT2D eigenvalue weighted by Gasteiger charge is 2.11. The van der Waals surface area contributed by atoms with Crippen LogP contribution in [0.1, 0.15) is 5.56 Å². The van der Waals surface area contributed by atoms with E-state index < -0.39 is 5.97 Å². The van der Waals surface area contributed by atoms with Gasteiger partial charge in [-0.1, -0.05) is 48.5 Å². The molecule has 4 nitrogen and oxygen atoms in total. The molecule has 0 fully saturated rings. The number of carbonyl (C=O) groups excluding carboxylic acids is 1. The molecule has 0 aliphatic carbocycles. The lowest BCUT2D eigenvalue weighted by Gasteiger charge is -2.05. The smallest absolute Gasteiger partial charge is 0.348 e. The summed E-state index contributed by atoms with van der Waals surface area (Å²) in [4.78, 5) is 16.2. The lowest BCUT2D eigenvalue weighted by molar-refractivity contribution is -0.133. The number of methoxy groups -OCH3 is 1. The van der Waals surface area contributed by atoms with Crippen LogP contribution in [0.3, 0.4) is 0 Å². The first kappa shape index (κ1) is 17.2. The Labute approximate surface area is 152 Å². The van der Waals surface area contributed by atoms with Gasteiger partial charge >= 0.3 is 5.97 Å².